The molecule has 1 aliphatic heterocycles. The van der Waals surface area contributed by atoms with E-state index in [1.54, 1.807) is 0 Å². The topological polar surface area (TPSA) is 38.3 Å². The van der Waals surface area contributed by atoms with E-state index in [1.165, 1.54) is 12.8 Å². The number of hydrogen-bond donors (Lipinski definition) is 1. The Bertz CT molecular complexity index is 322. The molecule has 3 nitrogen and oxygen atoms in total. The third kappa shape index (κ3) is 2.82. The summed E-state index contributed by atoms with van der Waals surface area (Å²) in [6.45, 7) is 4.75. The van der Waals surface area contributed by atoms with Gasteiger partial charge in [0.1, 0.15) is 6.10 Å². The number of rotatable bonds is 3. The minimum atomic E-state index is -3.29. The van der Waals surface area contributed by atoms with Crippen LogP contribution in [0.25, 0.3) is 0 Å². The first kappa shape index (κ1) is 13.7. The largest absolute Gasteiger partial charge is 0.456 e. The maximum Gasteiger partial charge on any atom is 0.377 e. The molecule has 0 bridgehead atoms. The summed E-state index contributed by atoms with van der Waals surface area (Å²) in [4.78, 5) is 10.9. The zero-order valence-electron chi connectivity index (χ0n) is 10.9. The number of cyclic esters (lactones) is 1. The molecule has 104 valence electrons. The van der Waals surface area contributed by atoms with Crippen LogP contribution in [0.15, 0.2) is 0 Å². The van der Waals surface area contributed by atoms with E-state index in [9.17, 15) is 13.6 Å². The lowest BCUT2D eigenvalue weighted by atomic mass is 9.78. The van der Waals surface area contributed by atoms with E-state index in [2.05, 4.69) is 23.9 Å². The summed E-state index contributed by atoms with van der Waals surface area (Å²) in [5, 5.41) is 3.29. The summed E-state index contributed by atoms with van der Waals surface area (Å²) in [5.74, 6) is -3.47. The molecule has 0 aromatic rings. The molecular formula is C13H21F2NO2. The normalized spacial score (nSPS) is 39.7. The van der Waals surface area contributed by atoms with Crippen molar-refractivity contribution in [2.45, 2.75) is 57.6 Å². The molecule has 4 atom stereocenters. The molecule has 1 heterocycles. The quantitative estimate of drug-likeness (QED) is 0.793. The maximum atomic E-state index is 13.0. The number of alkyl halides is 2. The molecule has 1 aliphatic carbocycles. The zero-order valence-corrected chi connectivity index (χ0v) is 10.9. The highest BCUT2D eigenvalue weighted by Crippen LogP contribution is 2.32. The number of carbonyl (C=O) groups is 1. The number of ether oxygens (including phenoxy) is 1. The smallest absolute Gasteiger partial charge is 0.377 e. The van der Waals surface area contributed by atoms with Gasteiger partial charge in [-0.1, -0.05) is 26.7 Å². The Hall–Kier alpha value is -0.710. The van der Waals surface area contributed by atoms with Crippen molar-refractivity contribution in [2.75, 3.05) is 6.54 Å². The van der Waals surface area contributed by atoms with Gasteiger partial charge in [0.05, 0.1) is 6.42 Å². The summed E-state index contributed by atoms with van der Waals surface area (Å²) in [7, 11) is 0. The van der Waals surface area contributed by atoms with Crippen LogP contribution in [0, 0.1) is 11.8 Å². The Morgan fingerprint density at radius 1 is 1.39 bits per heavy atom. The summed E-state index contributed by atoms with van der Waals surface area (Å²) in [5.41, 5.74) is 0. The van der Waals surface area contributed by atoms with Crippen molar-refractivity contribution in [3.63, 3.8) is 0 Å². The van der Waals surface area contributed by atoms with Crippen LogP contribution < -0.4 is 5.32 Å². The number of halogens is 2. The van der Waals surface area contributed by atoms with Gasteiger partial charge in [0.15, 0.2) is 0 Å². The first-order chi connectivity index (χ1) is 8.40. The lowest BCUT2D eigenvalue weighted by Gasteiger charge is -2.35. The molecule has 0 amide bonds. The maximum absolute atomic E-state index is 13.0. The monoisotopic (exact) mass is 261 g/mol. The summed E-state index contributed by atoms with van der Waals surface area (Å²) in [6, 6.07) is 0.349. The highest BCUT2D eigenvalue weighted by molar-refractivity contribution is 5.79. The predicted octanol–water partition coefficient (Wildman–Crippen LogP) is 2.35. The zero-order chi connectivity index (χ0) is 13.3. The van der Waals surface area contributed by atoms with Gasteiger partial charge in [-0.05, 0) is 18.3 Å². The minimum absolute atomic E-state index is 0.336. The van der Waals surface area contributed by atoms with E-state index in [4.69, 9.17) is 0 Å². The third-order valence-electron chi connectivity index (χ3n) is 4.37. The molecule has 2 aliphatic rings. The van der Waals surface area contributed by atoms with Crippen LogP contribution in [0.3, 0.4) is 0 Å². The van der Waals surface area contributed by atoms with E-state index in [1.807, 2.05) is 0 Å². The van der Waals surface area contributed by atoms with Gasteiger partial charge in [-0.2, -0.15) is 8.78 Å². The van der Waals surface area contributed by atoms with Crippen LogP contribution >= 0.6 is 0 Å². The van der Waals surface area contributed by atoms with Crippen molar-refractivity contribution >= 4 is 5.97 Å². The van der Waals surface area contributed by atoms with Crippen LogP contribution in [-0.2, 0) is 9.53 Å². The molecule has 1 saturated carbocycles. The molecule has 2 rings (SSSR count). The second-order valence-corrected chi connectivity index (χ2v) is 5.72. The Morgan fingerprint density at radius 3 is 2.72 bits per heavy atom. The molecule has 0 aromatic carbocycles. The average molecular weight is 261 g/mol. The van der Waals surface area contributed by atoms with E-state index in [0.717, 1.165) is 6.42 Å². The van der Waals surface area contributed by atoms with E-state index < -0.39 is 24.4 Å². The second-order valence-electron chi connectivity index (χ2n) is 5.72. The van der Waals surface area contributed by atoms with Gasteiger partial charge in [-0.25, -0.2) is 4.79 Å². The van der Waals surface area contributed by atoms with Crippen molar-refractivity contribution in [1.29, 1.82) is 0 Å². The molecule has 4 unspecified atom stereocenters. The van der Waals surface area contributed by atoms with Gasteiger partial charge in [0.25, 0.3) is 0 Å². The highest BCUT2D eigenvalue weighted by Gasteiger charge is 2.50. The molecule has 0 radical (unpaired) electrons. The van der Waals surface area contributed by atoms with Gasteiger partial charge in [-0.15, -0.1) is 0 Å². The number of hydrogen-bond acceptors (Lipinski definition) is 3. The van der Waals surface area contributed by atoms with Crippen molar-refractivity contribution in [1.82, 2.24) is 5.32 Å². The Labute approximate surface area is 106 Å². The lowest BCUT2D eigenvalue weighted by Crippen LogP contribution is -2.43. The van der Waals surface area contributed by atoms with Crippen molar-refractivity contribution < 1.29 is 18.3 Å². The fraction of sp³-hybridized carbons (Fsp3) is 0.923. The summed E-state index contributed by atoms with van der Waals surface area (Å²) in [6.07, 6.45) is 2.30. The number of esters is 1. The van der Waals surface area contributed by atoms with Crippen molar-refractivity contribution in [3.05, 3.63) is 0 Å². The Balaban J connectivity index is 1.80. The first-order valence-electron chi connectivity index (χ1n) is 6.72. The van der Waals surface area contributed by atoms with Gasteiger partial charge >= 0.3 is 11.9 Å². The van der Waals surface area contributed by atoms with Gasteiger partial charge in [0.2, 0.25) is 0 Å². The van der Waals surface area contributed by atoms with Crippen LogP contribution in [0.2, 0.25) is 0 Å². The third-order valence-corrected chi connectivity index (χ3v) is 4.37. The highest BCUT2D eigenvalue weighted by atomic mass is 19.3. The standard InChI is InChI=1S/C13H21F2NO2/c1-8-4-3-5-11(9(8)2)16-7-10-6-13(14,15)12(17)18-10/h8-11,16H,3-7H2,1-2H3. The van der Waals surface area contributed by atoms with Gasteiger partial charge in [-0.3, -0.25) is 0 Å². The molecule has 1 saturated heterocycles. The van der Waals surface area contributed by atoms with Gasteiger partial charge in [0, 0.05) is 12.6 Å². The van der Waals surface area contributed by atoms with Crippen LogP contribution in [0.1, 0.15) is 39.5 Å². The van der Waals surface area contributed by atoms with Crippen LogP contribution in [-0.4, -0.2) is 30.6 Å². The van der Waals surface area contributed by atoms with Crippen LogP contribution in [0.5, 0.6) is 0 Å². The first-order valence-corrected chi connectivity index (χ1v) is 6.72. The average Bonchev–Trinajstić information content (AvgIpc) is 2.55. The number of nitrogens with one attached hydrogen (secondary N) is 1. The predicted molar refractivity (Wildman–Crippen MR) is 63.4 cm³/mol. The van der Waals surface area contributed by atoms with Crippen LogP contribution in [0.4, 0.5) is 8.78 Å². The molecule has 1 N–H and O–H groups in total. The molecule has 18 heavy (non-hydrogen) atoms. The van der Waals surface area contributed by atoms with E-state index >= 15 is 0 Å². The van der Waals surface area contributed by atoms with Gasteiger partial charge < -0.3 is 10.1 Å². The van der Waals surface area contributed by atoms with E-state index in [0.29, 0.717) is 24.4 Å². The fourth-order valence-corrected chi connectivity index (χ4v) is 2.92. The summed E-state index contributed by atoms with van der Waals surface area (Å²) >= 11 is 0. The second kappa shape index (κ2) is 5.11. The Kier molecular flexibility index (Phi) is 3.90. The molecule has 5 heteroatoms. The van der Waals surface area contributed by atoms with E-state index in [-0.39, 0.29) is 0 Å². The SMILES string of the molecule is CC1CCCC(NCC2CC(F)(F)C(=O)O2)C1C. The van der Waals surface area contributed by atoms with Crippen molar-refractivity contribution in [2.24, 2.45) is 11.8 Å². The molecule has 2 fully saturated rings. The molecular weight excluding hydrogens is 240 g/mol. The molecule has 0 aromatic heterocycles. The fourth-order valence-electron chi connectivity index (χ4n) is 2.92. The Morgan fingerprint density at radius 2 is 2.11 bits per heavy atom. The lowest BCUT2D eigenvalue weighted by molar-refractivity contribution is -0.159. The number of carbonyl (C=O) groups excluding carboxylic acids is 1. The molecule has 0 spiro atoms. The van der Waals surface area contributed by atoms with Crippen molar-refractivity contribution in [3.8, 4) is 0 Å². The minimum Gasteiger partial charge on any atom is -0.456 e. The summed E-state index contributed by atoms with van der Waals surface area (Å²) < 4.78 is 30.7.